The first kappa shape index (κ1) is 11.8. The van der Waals surface area contributed by atoms with E-state index in [-0.39, 0.29) is 41.9 Å². The maximum atomic E-state index is 10.1. The van der Waals surface area contributed by atoms with E-state index in [1.165, 1.54) is 17.8 Å². The van der Waals surface area contributed by atoms with Crippen molar-refractivity contribution in [3.05, 3.63) is 45.9 Å². The number of thioether (sulfide) groups is 1. The Bertz CT molecular complexity index is 623. The predicted octanol–water partition coefficient (Wildman–Crippen LogP) is 1.42. The summed E-state index contributed by atoms with van der Waals surface area (Å²) in [6.07, 6.45) is 0.450. The summed E-state index contributed by atoms with van der Waals surface area (Å²) < 4.78 is 49.3. The van der Waals surface area contributed by atoms with Gasteiger partial charge in [0.15, 0.2) is 0 Å². The van der Waals surface area contributed by atoms with Crippen LogP contribution in [0.3, 0.4) is 0 Å². The Labute approximate surface area is 158 Å². The van der Waals surface area contributed by atoms with Crippen molar-refractivity contribution in [3.8, 4) is 0 Å². The maximum Gasteiger partial charge on any atom is 0.293 e. The Morgan fingerprint density at radius 3 is 3.00 bits per heavy atom. The van der Waals surface area contributed by atoms with Gasteiger partial charge in [0.2, 0.25) is 0 Å². The van der Waals surface area contributed by atoms with Gasteiger partial charge in [-0.2, -0.15) is 11.8 Å². The molecular formula is C12H19N3NaO4S. The number of nitro groups is 1. The SMILES string of the molecule is [2H]C([2H])([2H])N(Cc1ccc(CSCCN/C(O)=C/[N+](=O)[O-])o1)C([2H])([2H])[2H].[Na]. The molecule has 0 aliphatic carbocycles. The molecule has 0 atom stereocenters. The van der Waals surface area contributed by atoms with Crippen molar-refractivity contribution in [2.24, 2.45) is 0 Å². The molecule has 0 bridgehead atoms. The molecule has 2 N–H and O–H groups in total. The van der Waals surface area contributed by atoms with Crippen molar-refractivity contribution in [1.29, 1.82) is 0 Å². The second kappa shape index (κ2) is 11.0. The fourth-order valence-electron chi connectivity index (χ4n) is 1.31. The molecule has 0 fully saturated rings. The number of furan rings is 1. The molecule has 1 aromatic heterocycles. The molecule has 9 heteroatoms. The van der Waals surface area contributed by atoms with Gasteiger partial charge in [-0.1, -0.05) is 0 Å². The van der Waals surface area contributed by atoms with E-state index < -0.39 is 24.8 Å². The Kier molecular flexibility index (Phi) is 6.19. The summed E-state index contributed by atoms with van der Waals surface area (Å²) in [6.45, 7) is -5.64. The van der Waals surface area contributed by atoms with E-state index in [0.717, 1.165) is 0 Å². The molecule has 1 rings (SSSR count). The van der Waals surface area contributed by atoms with E-state index in [1.807, 2.05) is 0 Å². The fourth-order valence-corrected chi connectivity index (χ4v) is 2.06. The zero-order chi connectivity index (χ0) is 20.0. The third kappa shape index (κ3) is 9.81. The summed E-state index contributed by atoms with van der Waals surface area (Å²) in [4.78, 5) is 9.75. The summed E-state index contributed by atoms with van der Waals surface area (Å²) >= 11 is 1.41. The van der Waals surface area contributed by atoms with Crippen LogP contribution in [0.5, 0.6) is 0 Å². The first-order valence-electron chi connectivity index (χ1n) is 8.61. The summed E-state index contributed by atoms with van der Waals surface area (Å²) in [5.74, 6) is 1.17. The zero-order valence-corrected chi connectivity index (χ0v) is 14.4. The number of hydrogen-bond donors (Lipinski definition) is 2. The van der Waals surface area contributed by atoms with Crippen LogP contribution in [0.15, 0.2) is 28.6 Å². The fraction of sp³-hybridized carbons (Fsp3) is 0.500. The zero-order valence-electron chi connectivity index (χ0n) is 17.5. The van der Waals surface area contributed by atoms with Gasteiger partial charge in [0.05, 0.1) is 17.2 Å². The molecule has 0 aliphatic rings. The second-order valence-electron chi connectivity index (χ2n) is 3.73. The van der Waals surface area contributed by atoms with Gasteiger partial charge < -0.3 is 19.7 Å². The predicted molar refractivity (Wildman–Crippen MR) is 83.7 cm³/mol. The molecule has 0 aromatic carbocycles. The molecule has 0 amide bonds. The van der Waals surface area contributed by atoms with Crippen molar-refractivity contribution >= 4 is 41.3 Å². The first-order valence-corrected chi connectivity index (χ1v) is 6.76. The van der Waals surface area contributed by atoms with Crippen LogP contribution < -0.4 is 5.32 Å². The van der Waals surface area contributed by atoms with Crippen molar-refractivity contribution in [2.45, 2.75) is 12.3 Å². The molecule has 0 aliphatic heterocycles. The van der Waals surface area contributed by atoms with Crippen LogP contribution in [0, 0.1) is 10.1 Å². The average molecular weight is 330 g/mol. The van der Waals surface area contributed by atoms with E-state index in [1.54, 1.807) is 6.07 Å². The normalized spacial score (nSPS) is 16.7. The van der Waals surface area contributed by atoms with Crippen LogP contribution in [-0.2, 0) is 12.3 Å². The molecular weight excluding hydrogens is 305 g/mol. The average Bonchev–Trinajstić information content (AvgIpc) is 2.89. The Balaban J connectivity index is 0.00000676. The summed E-state index contributed by atoms with van der Waals surface area (Å²) in [7, 11) is 0. The number of nitrogens with zero attached hydrogens (tertiary/aromatic N) is 2. The van der Waals surface area contributed by atoms with E-state index in [4.69, 9.17) is 17.7 Å². The Morgan fingerprint density at radius 1 is 1.62 bits per heavy atom. The van der Waals surface area contributed by atoms with Gasteiger partial charge >= 0.3 is 0 Å². The van der Waals surface area contributed by atoms with E-state index >= 15 is 0 Å². The van der Waals surface area contributed by atoms with Gasteiger partial charge in [0.1, 0.15) is 11.5 Å². The number of aliphatic hydroxyl groups excluding tert-OH is 1. The van der Waals surface area contributed by atoms with Gasteiger partial charge in [0.25, 0.3) is 12.1 Å². The van der Waals surface area contributed by atoms with E-state index in [2.05, 4.69) is 5.32 Å². The minimum Gasteiger partial charge on any atom is -0.490 e. The van der Waals surface area contributed by atoms with Gasteiger partial charge in [-0.05, 0) is 26.1 Å². The summed E-state index contributed by atoms with van der Waals surface area (Å²) in [5, 5.41) is 21.7. The van der Waals surface area contributed by atoms with Crippen molar-refractivity contribution in [1.82, 2.24) is 10.2 Å². The van der Waals surface area contributed by atoms with Crippen LogP contribution in [-0.4, -0.2) is 70.7 Å². The molecule has 21 heavy (non-hydrogen) atoms. The van der Waals surface area contributed by atoms with Gasteiger partial charge in [-0.15, -0.1) is 0 Å². The van der Waals surface area contributed by atoms with Crippen LogP contribution in [0.4, 0.5) is 0 Å². The van der Waals surface area contributed by atoms with Crippen molar-refractivity contribution in [3.63, 3.8) is 0 Å². The molecule has 0 saturated heterocycles. The van der Waals surface area contributed by atoms with Gasteiger partial charge in [-0.3, -0.25) is 10.1 Å². The van der Waals surface area contributed by atoms with Gasteiger partial charge in [-0.25, -0.2) is 0 Å². The topological polar surface area (TPSA) is 91.8 Å². The van der Waals surface area contributed by atoms with Crippen LogP contribution in [0.2, 0.25) is 0 Å². The first-order chi connectivity index (χ1) is 11.9. The molecule has 0 unspecified atom stereocenters. The van der Waals surface area contributed by atoms with Crippen LogP contribution >= 0.6 is 11.8 Å². The minimum atomic E-state index is -2.78. The molecule has 7 nitrogen and oxygen atoms in total. The Hall–Kier alpha value is -0.670. The molecule has 113 valence electrons. The minimum absolute atomic E-state index is 0. The number of hydrogen-bond acceptors (Lipinski definition) is 7. The number of nitrogens with one attached hydrogen (secondary N) is 1. The quantitative estimate of drug-likeness (QED) is 0.232. The third-order valence-electron chi connectivity index (χ3n) is 2.06. The van der Waals surface area contributed by atoms with E-state index in [0.29, 0.717) is 34.9 Å². The smallest absolute Gasteiger partial charge is 0.293 e. The summed E-state index contributed by atoms with van der Waals surface area (Å²) in [5.41, 5.74) is 0. The molecule has 0 saturated carbocycles. The third-order valence-corrected chi connectivity index (χ3v) is 3.04. The molecule has 1 heterocycles. The maximum absolute atomic E-state index is 10.1. The van der Waals surface area contributed by atoms with Crippen molar-refractivity contribution < 1.29 is 22.7 Å². The van der Waals surface area contributed by atoms with Gasteiger partial charge in [0, 0.05) is 50.1 Å². The standard InChI is InChI=1S/C12H19N3O4S.Na/c1-14(2)7-10-3-4-11(19-10)9-20-6-5-13-12(16)8-15(17)18;/h3-4,8,13,16H,5-7,9H2,1-2H3;/b12-8-;/i1D3,2D3;. The Morgan fingerprint density at radius 2 is 2.33 bits per heavy atom. The molecule has 1 radical (unpaired) electrons. The number of rotatable bonds is 9. The number of aliphatic hydroxyl groups is 1. The van der Waals surface area contributed by atoms with E-state index in [9.17, 15) is 10.1 Å². The van der Waals surface area contributed by atoms with Crippen LogP contribution in [0.1, 0.15) is 19.7 Å². The van der Waals surface area contributed by atoms with Crippen molar-refractivity contribution in [2.75, 3.05) is 26.2 Å². The second-order valence-corrected chi connectivity index (χ2v) is 4.84. The van der Waals surface area contributed by atoms with Crippen LogP contribution in [0.25, 0.3) is 0 Å². The largest absolute Gasteiger partial charge is 0.490 e. The summed E-state index contributed by atoms with van der Waals surface area (Å²) in [6, 6.07) is 3.14. The monoisotopic (exact) mass is 330 g/mol. The molecule has 0 spiro atoms. The molecule has 1 aromatic rings.